The number of nitrogens with zero attached hydrogens (tertiary/aromatic N) is 1. The number of hydrogen-bond donors (Lipinski definition) is 1. The highest BCUT2D eigenvalue weighted by Crippen LogP contribution is 2.30. The Hall–Kier alpha value is -2.06. The number of carbonyl (C=O) groups excluding carboxylic acids is 1. The smallest absolute Gasteiger partial charge is 0.306 e. The lowest BCUT2D eigenvalue weighted by Gasteiger charge is -2.28. The van der Waals surface area contributed by atoms with Gasteiger partial charge in [-0.3, -0.25) is 9.69 Å². The molecule has 2 aromatic rings. The summed E-state index contributed by atoms with van der Waals surface area (Å²) in [5, 5.41) is 11.6. The average Bonchev–Trinajstić information content (AvgIpc) is 3.31. The number of halogens is 3. The van der Waals surface area contributed by atoms with Gasteiger partial charge in [0.25, 0.3) is 0 Å². The minimum Gasteiger partial charge on any atom is -0.466 e. The summed E-state index contributed by atoms with van der Waals surface area (Å²) in [6, 6.07) is 8.60. The number of rotatable bonds is 14. The van der Waals surface area contributed by atoms with E-state index in [-0.39, 0.29) is 31.6 Å². The summed E-state index contributed by atoms with van der Waals surface area (Å²) in [4.78, 5) is 14.1. The molecule has 3 atom stereocenters. The normalized spacial score (nSPS) is 17.5. The Morgan fingerprint density at radius 2 is 2.00 bits per heavy atom. The number of likely N-dealkylation sites (tertiary alicyclic amines) is 1. The average molecular weight is 552 g/mol. The summed E-state index contributed by atoms with van der Waals surface area (Å²) in [5.41, 5.74) is 3.00. The molecule has 3 rings (SSSR count). The zero-order chi connectivity index (χ0) is 27.7. The number of aliphatic hydroxyl groups is 1. The lowest BCUT2D eigenvalue weighted by atomic mass is 9.96. The Balaban J connectivity index is 1.61. The number of aliphatic hydroxyl groups excluding tert-OH is 1. The molecule has 2 aromatic carbocycles. The Kier molecular flexibility index (Phi) is 12.0. The third-order valence-corrected chi connectivity index (χ3v) is 7.56. The molecule has 0 bridgehead atoms. The van der Waals surface area contributed by atoms with E-state index in [0.29, 0.717) is 24.6 Å². The molecule has 0 radical (unpaired) electrons. The highest BCUT2D eigenvalue weighted by molar-refractivity contribution is 6.31. The van der Waals surface area contributed by atoms with E-state index in [1.807, 2.05) is 13.0 Å². The van der Waals surface area contributed by atoms with E-state index >= 15 is 0 Å². The second-order valence-electron chi connectivity index (χ2n) is 9.92. The Labute approximate surface area is 230 Å². The Morgan fingerprint density at radius 1 is 1.21 bits per heavy atom. The third-order valence-electron chi connectivity index (χ3n) is 7.19. The number of esters is 1. The van der Waals surface area contributed by atoms with E-state index in [9.17, 15) is 18.7 Å². The van der Waals surface area contributed by atoms with Crippen LogP contribution in [0, 0.1) is 11.6 Å². The predicted molar refractivity (Wildman–Crippen MR) is 145 cm³/mol. The van der Waals surface area contributed by atoms with Crippen molar-refractivity contribution in [3.8, 4) is 0 Å². The van der Waals surface area contributed by atoms with Gasteiger partial charge < -0.3 is 14.6 Å². The lowest BCUT2D eigenvalue weighted by Crippen LogP contribution is -2.39. The fourth-order valence-electron chi connectivity index (χ4n) is 5.28. The second-order valence-corrected chi connectivity index (χ2v) is 10.3. The SMILES string of the molecule is CCOC(=O)CCc1c(F)cc(F)cc1[C@@H](CC)OC[C@H](O)CN1CCC[C@H]1Cc1ccc(Cl)c(CC)c1. The van der Waals surface area contributed by atoms with Gasteiger partial charge in [-0.1, -0.05) is 37.6 Å². The molecule has 1 fully saturated rings. The molecule has 8 heteroatoms. The molecule has 1 aliphatic rings. The molecule has 1 N–H and O–H groups in total. The van der Waals surface area contributed by atoms with Crippen molar-refractivity contribution in [3.63, 3.8) is 0 Å². The first-order valence-corrected chi connectivity index (χ1v) is 14.1. The van der Waals surface area contributed by atoms with Crippen LogP contribution in [-0.4, -0.2) is 54.4 Å². The van der Waals surface area contributed by atoms with Crippen LogP contribution in [0.2, 0.25) is 5.02 Å². The van der Waals surface area contributed by atoms with Crippen molar-refractivity contribution in [3.05, 3.63) is 69.2 Å². The van der Waals surface area contributed by atoms with Crippen LogP contribution >= 0.6 is 11.6 Å². The highest BCUT2D eigenvalue weighted by atomic mass is 35.5. The molecule has 38 heavy (non-hydrogen) atoms. The first-order valence-electron chi connectivity index (χ1n) is 13.7. The van der Waals surface area contributed by atoms with Crippen LogP contribution in [0.1, 0.15) is 74.8 Å². The van der Waals surface area contributed by atoms with Crippen LogP contribution in [0.15, 0.2) is 30.3 Å². The van der Waals surface area contributed by atoms with Crippen molar-refractivity contribution >= 4 is 17.6 Å². The summed E-state index contributed by atoms with van der Waals surface area (Å²) < 4.78 is 39.8. The van der Waals surface area contributed by atoms with Crippen LogP contribution in [0.5, 0.6) is 0 Å². The van der Waals surface area contributed by atoms with E-state index in [1.165, 1.54) is 11.6 Å². The largest absolute Gasteiger partial charge is 0.466 e. The molecule has 1 heterocycles. The van der Waals surface area contributed by atoms with Crippen molar-refractivity contribution in [1.82, 2.24) is 4.90 Å². The van der Waals surface area contributed by atoms with Crippen LogP contribution in [-0.2, 0) is 33.5 Å². The van der Waals surface area contributed by atoms with Gasteiger partial charge in [0.1, 0.15) is 11.6 Å². The van der Waals surface area contributed by atoms with Gasteiger partial charge in [-0.05, 0) is 86.4 Å². The van der Waals surface area contributed by atoms with E-state index in [1.54, 1.807) is 6.92 Å². The summed E-state index contributed by atoms with van der Waals surface area (Å²) in [6.45, 7) is 7.31. The monoisotopic (exact) mass is 551 g/mol. The topological polar surface area (TPSA) is 59.0 Å². The summed E-state index contributed by atoms with van der Waals surface area (Å²) in [7, 11) is 0. The van der Waals surface area contributed by atoms with Gasteiger partial charge in [0.2, 0.25) is 0 Å². The molecule has 1 aliphatic heterocycles. The first-order chi connectivity index (χ1) is 18.2. The van der Waals surface area contributed by atoms with Crippen molar-refractivity contribution < 1.29 is 28.2 Å². The van der Waals surface area contributed by atoms with Gasteiger partial charge in [-0.2, -0.15) is 0 Å². The number of carbonyl (C=O) groups is 1. The molecule has 5 nitrogen and oxygen atoms in total. The molecular weight excluding hydrogens is 512 g/mol. The second kappa shape index (κ2) is 14.9. The van der Waals surface area contributed by atoms with Gasteiger partial charge >= 0.3 is 5.97 Å². The zero-order valence-corrected chi connectivity index (χ0v) is 23.4. The molecule has 0 spiro atoms. The number of ether oxygens (including phenoxy) is 2. The first kappa shape index (κ1) is 30.5. The molecule has 0 aromatic heterocycles. The quantitative estimate of drug-likeness (QED) is 0.283. The number of β-amino-alcohol motifs (C(OH)–C–C–N with tert-alkyl or cyclic N) is 1. The predicted octanol–water partition coefficient (Wildman–Crippen LogP) is 6.21. The minimum absolute atomic E-state index is 0.00777. The minimum atomic E-state index is -0.748. The fraction of sp³-hybridized carbons (Fsp3) is 0.567. The van der Waals surface area contributed by atoms with Crippen molar-refractivity contribution in [2.24, 2.45) is 0 Å². The Bertz CT molecular complexity index is 1070. The maximum Gasteiger partial charge on any atom is 0.306 e. The Morgan fingerprint density at radius 3 is 2.71 bits per heavy atom. The molecule has 0 unspecified atom stereocenters. The third kappa shape index (κ3) is 8.47. The van der Waals surface area contributed by atoms with E-state index in [0.717, 1.165) is 48.9 Å². The van der Waals surface area contributed by atoms with Crippen LogP contribution in [0.25, 0.3) is 0 Å². The van der Waals surface area contributed by atoms with Crippen LogP contribution < -0.4 is 0 Å². The fourth-order valence-corrected chi connectivity index (χ4v) is 5.53. The molecule has 210 valence electrons. The van der Waals surface area contributed by atoms with Crippen LogP contribution in [0.4, 0.5) is 8.78 Å². The summed E-state index contributed by atoms with van der Waals surface area (Å²) in [5.74, 6) is -1.84. The van der Waals surface area contributed by atoms with Crippen molar-refractivity contribution in [1.29, 1.82) is 0 Å². The zero-order valence-electron chi connectivity index (χ0n) is 22.7. The van der Waals surface area contributed by atoms with Crippen molar-refractivity contribution in [2.45, 2.75) is 84.0 Å². The van der Waals surface area contributed by atoms with Gasteiger partial charge in [0.05, 0.1) is 25.4 Å². The lowest BCUT2D eigenvalue weighted by molar-refractivity contribution is -0.143. The summed E-state index contributed by atoms with van der Waals surface area (Å²) in [6.07, 6.45) is 3.08. The van der Waals surface area contributed by atoms with Gasteiger partial charge in [-0.25, -0.2) is 8.78 Å². The molecule has 0 amide bonds. The van der Waals surface area contributed by atoms with Gasteiger partial charge in [0, 0.05) is 30.1 Å². The van der Waals surface area contributed by atoms with Crippen molar-refractivity contribution in [2.75, 3.05) is 26.3 Å². The molecule has 1 saturated heterocycles. The van der Waals surface area contributed by atoms with E-state index < -0.39 is 29.8 Å². The van der Waals surface area contributed by atoms with Gasteiger partial charge in [0.15, 0.2) is 0 Å². The summed E-state index contributed by atoms with van der Waals surface area (Å²) >= 11 is 6.28. The maximum atomic E-state index is 14.7. The number of hydrogen-bond acceptors (Lipinski definition) is 5. The highest BCUT2D eigenvalue weighted by Gasteiger charge is 2.27. The molecular formula is C30H40ClF2NO4. The standard InChI is InChI=1S/C30H40ClF2NO4/c1-4-21-14-20(9-11-27(21)31)15-23-8-7-13-34(23)18-24(35)19-38-29(5-2)26-16-22(32)17-28(33)25(26)10-12-30(36)37-6-3/h9,11,14,16-17,23-24,29,35H,4-8,10,12-13,15,18-19H2,1-3H3/t23-,24+,29+/m0/s1. The number of aryl methyl sites for hydroxylation is 1. The molecule has 0 aliphatic carbocycles. The van der Waals surface area contributed by atoms with Gasteiger partial charge in [-0.15, -0.1) is 0 Å². The van der Waals surface area contributed by atoms with E-state index in [2.05, 4.69) is 24.0 Å². The van der Waals surface area contributed by atoms with Crippen LogP contribution in [0.3, 0.4) is 0 Å². The molecule has 0 saturated carbocycles. The maximum absolute atomic E-state index is 14.7. The van der Waals surface area contributed by atoms with E-state index in [4.69, 9.17) is 21.1 Å². The number of benzene rings is 2.